The van der Waals surface area contributed by atoms with Crippen molar-refractivity contribution in [2.75, 3.05) is 20.6 Å². The van der Waals surface area contributed by atoms with E-state index in [0.29, 0.717) is 34.1 Å². The molecule has 15 heteroatoms. The molecule has 2 amide bonds. The van der Waals surface area contributed by atoms with Crippen LogP contribution in [-0.2, 0) is 17.1 Å². The normalized spacial score (nSPS) is 9.81. The van der Waals surface area contributed by atoms with Gasteiger partial charge in [0, 0.05) is 61.7 Å². The Labute approximate surface area is 301 Å². The summed E-state index contributed by atoms with van der Waals surface area (Å²) in [7, 11) is 3.08. The molecule has 0 fully saturated rings. The molecule has 0 aliphatic heterocycles. The number of phenolic OH excluding ortho intramolecular Hbond substituents is 1. The van der Waals surface area contributed by atoms with E-state index in [1.807, 2.05) is 0 Å². The molecule has 0 unspecified atom stereocenters. The minimum Gasteiger partial charge on any atom is -0.507 e. The first kappa shape index (κ1) is 43.5. The summed E-state index contributed by atoms with van der Waals surface area (Å²) in [4.78, 5) is 39.9. The van der Waals surface area contributed by atoms with Gasteiger partial charge in [0.2, 0.25) is 16.4 Å². The van der Waals surface area contributed by atoms with E-state index in [-0.39, 0.29) is 51.1 Å². The summed E-state index contributed by atoms with van der Waals surface area (Å²) < 4.78 is 5.52. The van der Waals surface area contributed by atoms with Gasteiger partial charge in [0.1, 0.15) is 16.7 Å². The molecule has 0 aliphatic rings. The molecule has 3 N–H and O–H groups in total. The summed E-state index contributed by atoms with van der Waals surface area (Å²) in [5.41, 5.74) is 0.727. The van der Waals surface area contributed by atoms with E-state index in [0.717, 1.165) is 6.54 Å². The molecule has 259 valence electrons. The second-order valence-corrected chi connectivity index (χ2v) is 10.7. The number of amides is 2. The van der Waals surface area contributed by atoms with Crippen LogP contribution in [0, 0.1) is 0 Å². The van der Waals surface area contributed by atoms with Crippen LogP contribution in [0.4, 0.5) is 0 Å². The summed E-state index contributed by atoms with van der Waals surface area (Å²) in [6, 6.07) is 17.8. The van der Waals surface area contributed by atoms with E-state index in [9.17, 15) is 9.59 Å². The number of aromatic nitrogens is 4. The van der Waals surface area contributed by atoms with Gasteiger partial charge in [0.15, 0.2) is 0 Å². The Balaban J connectivity index is 0.000000633. The van der Waals surface area contributed by atoms with Crippen LogP contribution in [0.2, 0.25) is 15.7 Å². The molecule has 0 atom stereocenters. The standard InChI is InChI=1S/C12H10ClN3O2.C8H9NO2.C8H19N.C4H2Cl2N2.Cu/c1-14-11(17)8-4-2-3-5-9(8)18-10-6-7-15-12(13)16-10;1-9-8(11)6-4-2-3-5-7(6)10;1-6-9(7(2)3)8(4)5;5-3-1-2-7-4(6)8-3;/h2-7H,1H3,(H,14,17);2-5,10H,1H3,(H,9,11);7-8H,6H2,1-5H3;1-2H;. The molecule has 2 aromatic carbocycles. The minimum atomic E-state index is -0.275. The Kier molecular flexibility index (Phi) is 22.0. The first-order chi connectivity index (χ1) is 21.8. The fourth-order valence-electron chi connectivity index (χ4n) is 3.81. The Morgan fingerprint density at radius 1 is 0.787 bits per heavy atom. The minimum absolute atomic E-state index is 0. The zero-order chi connectivity index (χ0) is 34.6. The van der Waals surface area contributed by atoms with Gasteiger partial charge in [-0.3, -0.25) is 14.5 Å². The van der Waals surface area contributed by atoms with Crippen molar-refractivity contribution >= 4 is 46.6 Å². The van der Waals surface area contributed by atoms with Crippen LogP contribution in [0.3, 0.4) is 0 Å². The smallest absolute Gasteiger partial charge is 0.254 e. The number of ether oxygens (including phenoxy) is 1. The maximum absolute atomic E-state index is 11.6. The van der Waals surface area contributed by atoms with Gasteiger partial charge in [0.05, 0.1) is 11.1 Å². The third-order valence-electron chi connectivity index (χ3n) is 5.83. The van der Waals surface area contributed by atoms with E-state index in [1.165, 1.54) is 25.5 Å². The van der Waals surface area contributed by atoms with Crippen molar-refractivity contribution in [2.24, 2.45) is 0 Å². The van der Waals surface area contributed by atoms with E-state index in [4.69, 9.17) is 44.6 Å². The average Bonchev–Trinajstić information content (AvgIpc) is 3.01. The van der Waals surface area contributed by atoms with Crippen LogP contribution in [0.15, 0.2) is 73.1 Å². The molecule has 0 bridgehead atoms. The van der Waals surface area contributed by atoms with Crippen LogP contribution >= 0.6 is 34.8 Å². The van der Waals surface area contributed by atoms with E-state index >= 15 is 0 Å². The van der Waals surface area contributed by atoms with Crippen molar-refractivity contribution in [1.29, 1.82) is 0 Å². The Morgan fingerprint density at radius 2 is 1.28 bits per heavy atom. The van der Waals surface area contributed by atoms with Crippen LogP contribution in [0.1, 0.15) is 55.3 Å². The number of aromatic hydroxyl groups is 1. The van der Waals surface area contributed by atoms with Gasteiger partial charge in [-0.1, -0.05) is 42.8 Å². The van der Waals surface area contributed by atoms with Gasteiger partial charge in [-0.15, -0.1) is 0 Å². The Bertz CT molecular complexity index is 1490. The van der Waals surface area contributed by atoms with Crippen molar-refractivity contribution in [2.45, 2.75) is 46.7 Å². The second-order valence-electron chi connectivity index (χ2n) is 9.60. The number of rotatable bonds is 7. The topological polar surface area (TPSA) is 142 Å². The summed E-state index contributed by atoms with van der Waals surface area (Å²) in [6.45, 7) is 12.3. The SMILES string of the molecule is CCN(C(C)C)C(C)C.CNC(=O)c1ccccc1O.CNC(=O)c1ccccc1Oc1ccnc(Cl)n1.Clc1ccnc(Cl)n1.[Cu]. The summed E-state index contributed by atoms with van der Waals surface area (Å²) in [5.74, 6) is 0.193. The molecule has 4 aromatic rings. The first-order valence-electron chi connectivity index (χ1n) is 14.2. The number of nitrogens with one attached hydrogen (secondary N) is 2. The van der Waals surface area contributed by atoms with Crippen molar-refractivity contribution in [3.63, 3.8) is 0 Å². The molecule has 4 rings (SSSR count). The van der Waals surface area contributed by atoms with Crippen LogP contribution in [0.25, 0.3) is 0 Å². The number of hydrogen-bond acceptors (Lipinski definition) is 9. The van der Waals surface area contributed by atoms with Gasteiger partial charge in [-0.25, -0.2) is 15.0 Å². The monoisotopic (exact) mass is 754 g/mol. The average molecular weight is 757 g/mol. The number of hydrogen-bond donors (Lipinski definition) is 3. The largest absolute Gasteiger partial charge is 0.507 e. The zero-order valence-electron chi connectivity index (χ0n) is 27.1. The summed E-state index contributed by atoms with van der Waals surface area (Å²) in [6.07, 6.45) is 2.98. The fourth-order valence-corrected chi connectivity index (χ4v) is 4.28. The van der Waals surface area contributed by atoms with Crippen LogP contribution in [0.5, 0.6) is 17.4 Å². The molecule has 0 saturated carbocycles. The van der Waals surface area contributed by atoms with Crippen LogP contribution < -0.4 is 15.4 Å². The molecular formula is C32H40Cl3CuN7O4. The fraction of sp³-hybridized carbons (Fsp3) is 0.312. The number of carbonyl (C=O) groups excluding carboxylic acids is 2. The summed E-state index contributed by atoms with van der Waals surface area (Å²) >= 11 is 16.4. The molecule has 0 spiro atoms. The quantitative estimate of drug-likeness (QED) is 0.104. The number of benzene rings is 2. The van der Waals surface area contributed by atoms with Crippen LogP contribution in [-0.4, -0.2) is 74.5 Å². The molecule has 2 heterocycles. The van der Waals surface area contributed by atoms with Crippen molar-refractivity contribution in [3.05, 3.63) is 99.9 Å². The van der Waals surface area contributed by atoms with E-state index < -0.39 is 0 Å². The maximum Gasteiger partial charge on any atom is 0.254 e. The number of para-hydroxylation sites is 2. The predicted octanol–water partition coefficient (Wildman–Crippen LogP) is 6.94. The summed E-state index contributed by atoms with van der Waals surface area (Å²) in [5, 5.41) is 14.7. The predicted molar refractivity (Wildman–Crippen MR) is 183 cm³/mol. The Morgan fingerprint density at radius 3 is 1.70 bits per heavy atom. The van der Waals surface area contributed by atoms with Crippen molar-refractivity contribution < 1.29 is 36.5 Å². The number of phenols is 1. The second kappa shape index (κ2) is 23.8. The van der Waals surface area contributed by atoms with Crippen molar-refractivity contribution in [1.82, 2.24) is 35.5 Å². The Hall–Kier alpha value is -3.51. The molecule has 0 saturated heterocycles. The number of halogens is 3. The van der Waals surface area contributed by atoms with E-state index in [1.54, 1.807) is 61.6 Å². The van der Waals surface area contributed by atoms with E-state index in [2.05, 4.69) is 70.1 Å². The van der Waals surface area contributed by atoms with Gasteiger partial charge in [-0.2, -0.15) is 4.98 Å². The van der Waals surface area contributed by atoms with Gasteiger partial charge in [0.25, 0.3) is 11.8 Å². The molecule has 0 aliphatic carbocycles. The number of nitrogens with zero attached hydrogens (tertiary/aromatic N) is 5. The first-order valence-corrected chi connectivity index (χ1v) is 15.3. The van der Waals surface area contributed by atoms with Gasteiger partial charge < -0.3 is 20.5 Å². The van der Waals surface area contributed by atoms with Gasteiger partial charge >= 0.3 is 0 Å². The molecule has 2 aromatic heterocycles. The molecule has 1 radical (unpaired) electrons. The molecular weight excluding hydrogens is 716 g/mol. The number of carbonyl (C=O) groups is 2. The maximum atomic E-state index is 11.6. The molecule has 47 heavy (non-hydrogen) atoms. The van der Waals surface area contributed by atoms with Crippen molar-refractivity contribution in [3.8, 4) is 17.4 Å². The third kappa shape index (κ3) is 16.7. The molecule has 11 nitrogen and oxygen atoms in total. The third-order valence-corrected chi connectivity index (χ3v) is 6.41. The van der Waals surface area contributed by atoms with Gasteiger partial charge in [-0.05, 0) is 87.8 Å². The zero-order valence-corrected chi connectivity index (χ0v) is 30.3.